The number of para-hydroxylation sites is 2. The number of nitrogens with zero attached hydrogens (tertiary/aromatic N) is 3. The Morgan fingerprint density at radius 3 is 2.54 bits per heavy atom. The van der Waals surface area contributed by atoms with Crippen molar-refractivity contribution in [1.82, 2.24) is 20.1 Å². The zero-order valence-electron chi connectivity index (χ0n) is 14.5. The first kappa shape index (κ1) is 17.5. The maximum atomic E-state index is 12.1. The molecule has 0 spiro atoms. The minimum atomic E-state index is -0.202. The van der Waals surface area contributed by atoms with Crippen molar-refractivity contribution in [2.24, 2.45) is 0 Å². The number of benzene rings is 2. The molecule has 134 valence electrons. The summed E-state index contributed by atoms with van der Waals surface area (Å²) in [4.78, 5) is 16.1. The van der Waals surface area contributed by atoms with Crippen LogP contribution in [-0.4, -0.2) is 34.4 Å². The minimum Gasteiger partial charge on any atom is -0.493 e. The molecule has 7 nitrogen and oxygen atoms in total. The predicted molar refractivity (Wildman–Crippen MR) is 95.9 cm³/mol. The summed E-state index contributed by atoms with van der Waals surface area (Å²) < 4.78 is 12.5. The van der Waals surface area contributed by atoms with Gasteiger partial charge in [0.15, 0.2) is 18.1 Å². The second-order valence-electron chi connectivity index (χ2n) is 5.58. The number of hydrogen-bond acceptors (Lipinski definition) is 5. The lowest BCUT2D eigenvalue weighted by molar-refractivity contribution is -0.123. The SMILES string of the molecule is COc1ccccc1OCC(=O)NCc1ccccc1Cn1cncn1. The molecule has 0 aliphatic carbocycles. The van der Waals surface area contributed by atoms with Crippen LogP contribution in [0.4, 0.5) is 0 Å². The molecule has 1 amide bonds. The Bertz CT molecular complexity index is 850. The fourth-order valence-corrected chi connectivity index (χ4v) is 2.50. The molecule has 0 aliphatic heterocycles. The third-order valence-electron chi connectivity index (χ3n) is 3.82. The molecule has 0 saturated carbocycles. The van der Waals surface area contributed by atoms with Gasteiger partial charge < -0.3 is 14.8 Å². The standard InChI is InChI=1S/C19H20N4O3/c1-25-17-8-4-5-9-18(17)26-12-19(24)21-10-15-6-2-3-7-16(15)11-23-14-20-13-22-23/h2-9,13-14H,10-12H2,1H3,(H,21,24). The molecule has 7 heteroatoms. The summed E-state index contributed by atoms with van der Waals surface area (Å²) in [7, 11) is 1.56. The van der Waals surface area contributed by atoms with Gasteiger partial charge in [0, 0.05) is 6.54 Å². The monoisotopic (exact) mass is 352 g/mol. The Balaban J connectivity index is 1.55. The molecule has 0 saturated heterocycles. The van der Waals surface area contributed by atoms with Gasteiger partial charge in [-0.2, -0.15) is 5.10 Å². The molecular formula is C19H20N4O3. The second kappa shape index (κ2) is 8.66. The summed E-state index contributed by atoms with van der Waals surface area (Å²) in [5.41, 5.74) is 2.09. The van der Waals surface area contributed by atoms with E-state index in [-0.39, 0.29) is 12.5 Å². The molecule has 2 aromatic carbocycles. The van der Waals surface area contributed by atoms with Crippen LogP contribution >= 0.6 is 0 Å². The topological polar surface area (TPSA) is 78.3 Å². The lowest BCUT2D eigenvalue weighted by Crippen LogP contribution is -2.29. The number of nitrogens with one attached hydrogen (secondary N) is 1. The normalized spacial score (nSPS) is 10.3. The van der Waals surface area contributed by atoms with Crippen molar-refractivity contribution in [2.75, 3.05) is 13.7 Å². The third-order valence-corrected chi connectivity index (χ3v) is 3.82. The second-order valence-corrected chi connectivity index (χ2v) is 5.58. The van der Waals surface area contributed by atoms with Crippen molar-refractivity contribution in [3.05, 3.63) is 72.3 Å². The molecular weight excluding hydrogens is 332 g/mol. The Labute approximate surface area is 151 Å². The number of hydrogen-bond donors (Lipinski definition) is 1. The van der Waals surface area contributed by atoms with Crippen LogP contribution in [0.1, 0.15) is 11.1 Å². The zero-order valence-corrected chi connectivity index (χ0v) is 14.5. The van der Waals surface area contributed by atoms with Crippen molar-refractivity contribution in [3.8, 4) is 11.5 Å². The van der Waals surface area contributed by atoms with Gasteiger partial charge in [-0.1, -0.05) is 36.4 Å². The van der Waals surface area contributed by atoms with Crippen LogP contribution in [0.2, 0.25) is 0 Å². The number of carbonyl (C=O) groups is 1. The van der Waals surface area contributed by atoms with Crippen LogP contribution in [-0.2, 0) is 17.9 Å². The minimum absolute atomic E-state index is 0.0778. The Morgan fingerprint density at radius 2 is 1.81 bits per heavy atom. The van der Waals surface area contributed by atoms with Gasteiger partial charge in [-0.05, 0) is 23.3 Å². The largest absolute Gasteiger partial charge is 0.493 e. The lowest BCUT2D eigenvalue weighted by atomic mass is 10.1. The molecule has 0 unspecified atom stereocenters. The fraction of sp³-hybridized carbons (Fsp3) is 0.211. The molecule has 0 aliphatic rings. The highest BCUT2D eigenvalue weighted by Gasteiger charge is 2.08. The van der Waals surface area contributed by atoms with Crippen molar-refractivity contribution in [3.63, 3.8) is 0 Å². The molecule has 0 atom stereocenters. The molecule has 26 heavy (non-hydrogen) atoms. The molecule has 1 N–H and O–H groups in total. The van der Waals surface area contributed by atoms with E-state index in [9.17, 15) is 4.79 Å². The first-order valence-electron chi connectivity index (χ1n) is 8.18. The van der Waals surface area contributed by atoms with Crippen LogP contribution in [0.3, 0.4) is 0 Å². The molecule has 1 heterocycles. The molecule has 3 aromatic rings. The maximum Gasteiger partial charge on any atom is 0.258 e. The zero-order chi connectivity index (χ0) is 18.2. The number of aromatic nitrogens is 3. The Hall–Kier alpha value is -3.35. The molecule has 0 radical (unpaired) electrons. The molecule has 3 rings (SSSR count). The predicted octanol–water partition coefficient (Wildman–Crippen LogP) is 2.03. The number of rotatable bonds is 8. The van der Waals surface area contributed by atoms with Crippen LogP contribution in [0.15, 0.2) is 61.2 Å². The van der Waals surface area contributed by atoms with Crippen molar-refractivity contribution >= 4 is 5.91 Å². The van der Waals surface area contributed by atoms with Crippen LogP contribution in [0.5, 0.6) is 11.5 Å². The van der Waals surface area contributed by atoms with Crippen molar-refractivity contribution < 1.29 is 14.3 Å². The quantitative estimate of drug-likeness (QED) is 0.671. The molecule has 0 bridgehead atoms. The average molecular weight is 352 g/mol. The number of methoxy groups -OCH3 is 1. The van der Waals surface area contributed by atoms with Gasteiger partial charge in [0.05, 0.1) is 13.7 Å². The first-order chi connectivity index (χ1) is 12.8. The van der Waals surface area contributed by atoms with Gasteiger partial charge >= 0.3 is 0 Å². The summed E-state index contributed by atoms with van der Waals surface area (Å²) in [5, 5.41) is 6.99. The number of ether oxygens (including phenoxy) is 2. The maximum absolute atomic E-state index is 12.1. The van der Waals surface area contributed by atoms with Gasteiger partial charge in [0.2, 0.25) is 0 Å². The van der Waals surface area contributed by atoms with E-state index in [1.54, 1.807) is 30.3 Å². The van der Waals surface area contributed by atoms with E-state index in [4.69, 9.17) is 9.47 Å². The Kier molecular flexibility index (Phi) is 5.82. The van der Waals surface area contributed by atoms with E-state index in [0.29, 0.717) is 24.6 Å². The van der Waals surface area contributed by atoms with Crippen molar-refractivity contribution in [2.45, 2.75) is 13.1 Å². The number of carbonyl (C=O) groups excluding carboxylic acids is 1. The van der Waals surface area contributed by atoms with E-state index >= 15 is 0 Å². The van der Waals surface area contributed by atoms with E-state index < -0.39 is 0 Å². The summed E-state index contributed by atoms with van der Waals surface area (Å²) >= 11 is 0. The highest BCUT2D eigenvalue weighted by Crippen LogP contribution is 2.25. The fourth-order valence-electron chi connectivity index (χ4n) is 2.50. The third kappa shape index (κ3) is 4.60. The summed E-state index contributed by atoms with van der Waals surface area (Å²) in [6.45, 7) is 0.939. The molecule has 0 fully saturated rings. The molecule has 1 aromatic heterocycles. The van der Waals surface area contributed by atoms with Gasteiger partial charge in [-0.15, -0.1) is 0 Å². The lowest BCUT2D eigenvalue weighted by Gasteiger charge is -2.12. The van der Waals surface area contributed by atoms with E-state index in [1.807, 2.05) is 36.4 Å². The van der Waals surface area contributed by atoms with Crippen LogP contribution in [0, 0.1) is 0 Å². The van der Waals surface area contributed by atoms with Gasteiger partial charge in [0.25, 0.3) is 5.91 Å². The first-order valence-corrected chi connectivity index (χ1v) is 8.18. The van der Waals surface area contributed by atoms with Gasteiger partial charge in [0.1, 0.15) is 12.7 Å². The van der Waals surface area contributed by atoms with E-state index in [1.165, 1.54) is 6.33 Å². The summed E-state index contributed by atoms with van der Waals surface area (Å²) in [5.74, 6) is 0.932. The number of amides is 1. The smallest absolute Gasteiger partial charge is 0.258 e. The van der Waals surface area contributed by atoms with Gasteiger partial charge in [-0.25, -0.2) is 9.67 Å². The highest BCUT2D eigenvalue weighted by atomic mass is 16.5. The van der Waals surface area contributed by atoms with E-state index in [0.717, 1.165) is 11.1 Å². The van der Waals surface area contributed by atoms with Crippen molar-refractivity contribution in [1.29, 1.82) is 0 Å². The average Bonchev–Trinajstić information content (AvgIpc) is 3.19. The van der Waals surface area contributed by atoms with Crippen LogP contribution < -0.4 is 14.8 Å². The van der Waals surface area contributed by atoms with Gasteiger partial charge in [-0.3, -0.25) is 4.79 Å². The highest BCUT2D eigenvalue weighted by molar-refractivity contribution is 5.77. The Morgan fingerprint density at radius 1 is 1.08 bits per heavy atom. The van der Waals surface area contributed by atoms with Crippen LogP contribution in [0.25, 0.3) is 0 Å². The van der Waals surface area contributed by atoms with E-state index in [2.05, 4.69) is 15.4 Å². The summed E-state index contributed by atoms with van der Waals surface area (Å²) in [6, 6.07) is 15.1. The summed E-state index contributed by atoms with van der Waals surface area (Å²) in [6.07, 6.45) is 3.16.